The van der Waals surface area contributed by atoms with Gasteiger partial charge in [-0.25, -0.2) is 4.39 Å². The summed E-state index contributed by atoms with van der Waals surface area (Å²) in [6.07, 6.45) is 7.93. The van der Waals surface area contributed by atoms with Gasteiger partial charge in [0, 0.05) is 11.3 Å². The first kappa shape index (κ1) is 23.8. The van der Waals surface area contributed by atoms with Crippen LogP contribution in [0.3, 0.4) is 0 Å². The molecule has 0 atom stereocenters. The van der Waals surface area contributed by atoms with E-state index in [0.717, 1.165) is 28.1 Å². The fraction of sp³-hybridized carbons (Fsp3) is 0.192. The second-order valence-electron chi connectivity index (χ2n) is 6.69. The average Bonchev–Trinajstić information content (AvgIpc) is 2.68. The predicted molar refractivity (Wildman–Crippen MR) is 124 cm³/mol. The quantitative estimate of drug-likeness (QED) is 0.417. The van der Waals surface area contributed by atoms with Gasteiger partial charge in [0.15, 0.2) is 0 Å². The van der Waals surface area contributed by atoms with Crippen molar-refractivity contribution in [3.8, 4) is 5.75 Å². The Morgan fingerprint density at radius 3 is 2.24 bits per heavy atom. The van der Waals surface area contributed by atoms with E-state index in [4.69, 9.17) is 0 Å². The molecule has 0 aliphatic heterocycles. The van der Waals surface area contributed by atoms with E-state index in [1.165, 1.54) is 6.07 Å². The lowest BCUT2D eigenvalue weighted by Crippen LogP contribution is -1.95. The lowest BCUT2D eigenvalue weighted by Gasteiger charge is -2.08. The number of phenolic OH excluding ortho intramolecular Hbond substituents is 1. The molecular weight excluding hydrogens is 361 g/mol. The molecule has 0 saturated carbocycles. The highest BCUT2D eigenvalue weighted by Gasteiger charge is 2.06. The molecule has 1 N–H and O–H groups in total. The van der Waals surface area contributed by atoms with Crippen molar-refractivity contribution >= 4 is 11.4 Å². The third kappa shape index (κ3) is 8.56. The van der Waals surface area contributed by atoms with E-state index in [9.17, 15) is 9.50 Å². The van der Waals surface area contributed by atoms with Gasteiger partial charge in [-0.3, -0.25) is 4.99 Å². The predicted octanol–water partition coefficient (Wildman–Crippen LogP) is 7.43. The highest BCUT2D eigenvalue weighted by atomic mass is 19.1. The molecule has 0 unspecified atom stereocenters. The molecule has 29 heavy (non-hydrogen) atoms. The van der Waals surface area contributed by atoms with E-state index < -0.39 is 0 Å². The molecule has 2 aromatic rings. The van der Waals surface area contributed by atoms with Gasteiger partial charge in [0.2, 0.25) is 0 Å². The van der Waals surface area contributed by atoms with Gasteiger partial charge in [0.1, 0.15) is 11.6 Å². The molecule has 0 heterocycles. The summed E-state index contributed by atoms with van der Waals surface area (Å²) in [5.74, 6) is 0.103. The lowest BCUT2D eigenvalue weighted by molar-refractivity contribution is 0.475. The van der Waals surface area contributed by atoms with Gasteiger partial charge in [-0.2, -0.15) is 0 Å². The lowest BCUT2D eigenvalue weighted by atomic mass is 10.1. The summed E-state index contributed by atoms with van der Waals surface area (Å²) in [6.45, 7) is 13.5. The van der Waals surface area contributed by atoms with Crippen LogP contribution in [0.4, 0.5) is 4.39 Å². The van der Waals surface area contributed by atoms with Crippen LogP contribution in [0.25, 0.3) is 5.70 Å². The Kier molecular flexibility index (Phi) is 10.1. The Bertz CT molecular complexity index is 928. The number of hydrogen-bond acceptors (Lipinski definition) is 2. The van der Waals surface area contributed by atoms with E-state index in [2.05, 4.69) is 11.6 Å². The second-order valence-corrected chi connectivity index (χ2v) is 6.69. The number of aliphatic imine (C=N–C) groups is 1. The molecule has 0 saturated heterocycles. The number of rotatable bonds is 5. The van der Waals surface area contributed by atoms with Gasteiger partial charge in [0.25, 0.3) is 0 Å². The molecule has 0 radical (unpaired) electrons. The van der Waals surface area contributed by atoms with Gasteiger partial charge in [-0.05, 0) is 69.5 Å². The van der Waals surface area contributed by atoms with Crippen LogP contribution in [-0.2, 0) is 0 Å². The Labute approximate surface area is 174 Å². The highest BCUT2D eigenvalue weighted by molar-refractivity contribution is 6.00. The van der Waals surface area contributed by atoms with E-state index in [-0.39, 0.29) is 11.6 Å². The summed E-state index contributed by atoms with van der Waals surface area (Å²) in [4.78, 5) is 4.68. The van der Waals surface area contributed by atoms with E-state index in [0.29, 0.717) is 5.56 Å². The normalized spacial score (nSPS) is 12.6. The largest absolute Gasteiger partial charge is 0.508 e. The average molecular weight is 392 g/mol. The van der Waals surface area contributed by atoms with Crippen LogP contribution in [0.1, 0.15) is 38.8 Å². The molecule has 2 aromatic carbocycles. The zero-order chi connectivity index (χ0) is 21.8. The molecule has 0 aliphatic carbocycles. The fourth-order valence-corrected chi connectivity index (χ4v) is 2.24. The minimum absolute atomic E-state index is 0.132. The van der Waals surface area contributed by atoms with Crippen molar-refractivity contribution < 1.29 is 9.50 Å². The number of phenols is 1. The van der Waals surface area contributed by atoms with E-state index in [1.807, 2.05) is 70.2 Å². The van der Waals surface area contributed by atoms with Gasteiger partial charge in [0.05, 0.1) is 5.70 Å². The minimum atomic E-state index is -0.132. The van der Waals surface area contributed by atoms with Crippen molar-refractivity contribution in [1.82, 2.24) is 0 Å². The summed E-state index contributed by atoms with van der Waals surface area (Å²) in [7, 11) is 0. The standard InChI is InChI=1S/C19H23NO.C7H7F/c1-6-7-8-10-15(4)19(20-16(5)14(2)3)17-11-9-12-18(21)13-17;1-6-4-2-3-5-7(6)8/h6-13,21H,2H2,1,3-5H3;2-5H,1H3/b7-6-,10-8-,19-15+,20-16?;. The number of allylic oxidation sites excluding steroid dienone is 6. The van der Waals surface area contributed by atoms with Crippen molar-refractivity contribution in [3.63, 3.8) is 0 Å². The smallest absolute Gasteiger partial charge is 0.126 e. The van der Waals surface area contributed by atoms with Crippen LogP contribution in [0.2, 0.25) is 0 Å². The van der Waals surface area contributed by atoms with Crippen LogP contribution >= 0.6 is 0 Å². The van der Waals surface area contributed by atoms with Crippen LogP contribution in [0.5, 0.6) is 5.75 Å². The fourth-order valence-electron chi connectivity index (χ4n) is 2.24. The summed E-state index contributed by atoms with van der Waals surface area (Å²) in [6, 6.07) is 13.8. The molecule has 0 aromatic heterocycles. The van der Waals surface area contributed by atoms with E-state index >= 15 is 0 Å². The zero-order valence-electron chi connectivity index (χ0n) is 17.9. The molecule has 0 aliphatic rings. The number of aromatic hydroxyl groups is 1. The summed E-state index contributed by atoms with van der Waals surface area (Å²) in [5.41, 5.74) is 5.27. The van der Waals surface area contributed by atoms with Crippen molar-refractivity contribution in [2.75, 3.05) is 0 Å². The number of benzene rings is 2. The maximum Gasteiger partial charge on any atom is 0.126 e. The minimum Gasteiger partial charge on any atom is -0.508 e. The van der Waals surface area contributed by atoms with Gasteiger partial charge < -0.3 is 5.11 Å². The summed E-state index contributed by atoms with van der Waals surface area (Å²) < 4.78 is 12.3. The first-order valence-corrected chi connectivity index (χ1v) is 9.48. The number of halogens is 1. The Morgan fingerprint density at radius 2 is 1.72 bits per heavy atom. The van der Waals surface area contributed by atoms with Crippen molar-refractivity contribution in [2.45, 2.75) is 34.6 Å². The first-order chi connectivity index (χ1) is 13.8. The summed E-state index contributed by atoms with van der Waals surface area (Å²) >= 11 is 0. The molecular formula is C26H30FNO. The molecule has 2 nitrogen and oxygen atoms in total. The Hall–Kier alpha value is -3.20. The van der Waals surface area contributed by atoms with Gasteiger partial charge >= 0.3 is 0 Å². The molecule has 152 valence electrons. The van der Waals surface area contributed by atoms with Crippen molar-refractivity contribution in [1.29, 1.82) is 0 Å². The van der Waals surface area contributed by atoms with Crippen LogP contribution in [-0.4, -0.2) is 10.8 Å². The van der Waals surface area contributed by atoms with Crippen molar-refractivity contribution in [2.24, 2.45) is 4.99 Å². The first-order valence-electron chi connectivity index (χ1n) is 9.48. The van der Waals surface area contributed by atoms with Gasteiger partial charge in [-0.1, -0.05) is 61.2 Å². The van der Waals surface area contributed by atoms with Gasteiger partial charge in [-0.15, -0.1) is 0 Å². The van der Waals surface area contributed by atoms with Crippen molar-refractivity contribution in [3.05, 3.63) is 108 Å². The molecule has 0 amide bonds. The topological polar surface area (TPSA) is 32.6 Å². The third-order valence-corrected chi connectivity index (χ3v) is 4.12. The van der Waals surface area contributed by atoms with Crippen LogP contribution in [0, 0.1) is 12.7 Å². The van der Waals surface area contributed by atoms with Crippen LogP contribution < -0.4 is 0 Å². The Balaban J connectivity index is 0.000000436. The monoisotopic (exact) mass is 391 g/mol. The highest BCUT2D eigenvalue weighted by Crippen LogP contribution is 2.25. The number of aryl methyl sites for hydroxylation is 1. The number of hydrogen-bond donors (Lipinski definition) is 1. The Morgan fingerprint density at radius 1 is 1.03 bits per heavy atom. The van der Waals surface area contributed by atoms with Crippen LogP contribution in [0.15, 0.2) is 95.6 Å². The maximum absolute atomic E-state index is 12.3. The molecule has 2 rings (SSSR count). The molecule has 0 spiro atoms. The maximum atomic E-state index is 12.3. The molecule has 0 bridgehead atoms. The zero-order valence-corrected chi connectivity index (χ0v) is 17.9. The molecule has 0 fully saturated rings. The SMILES string of the molecule is C=C(C)C(C)=N/C(=C(C)/C=C\C=C/C)c1cccc(O)c1.Cc1ccccc1F. The summed E-state index contributed by atoms with van der Waals surface area (Å²) in [5, 5.41) is 9.68. The third-order valence-electron chi connectivity index (χ3n) is 4.12. The number of nitrogens with zero attached hydrogens (tertiary/aromatic N) is 1. The van der Waals surface area contributed by atoms with E-state index in [1.54, 1.807) is 31.2 Å². The molecule has 3 heteroatoms. The second kappa shape index (κ2) is 12.3.